The number of benzene rings is 2. The van der Waals surface area contributed by atoms with Crippen molar-refractivity contribution < 1.29 is 19.1 Å². The Kier molecular flexibility index (Phi) is 5.95. The Bertz CT molecular complexity index is 988. The van der Waals surface area contributed by atoms with Gasteiger partial charge < -0.3 is 19.3 Å². The Hall–Kier alpha value is -3.32. The minimum absolute atomic E-state index is 0.316. The number of nitrogens with zero attached hydrogens (tertiary/aromatic N) is 3. The molecule has 0 radical (unpaired) electrons. The van der Waals surface area contributed by atoms with Crippen LogP contribution >= 0.6 is 0 Å². The van der Waals surface area contributed by atoms with Crippen LogP contribution in [0.3, 0.4) is 0 Å². The molecule has 0 unspecified atom stereocenters. The molecular weight excluding hydrogens is 394 g/mol. The van der Waals surface area contributed by atoms with Crippen LogP contribution in [0.25, 0.3) is 5.57 Å². The fraction of sp³-hybridized carbons (Fsp3) is 0.333. The number of anilines is 1. The second-order valence-electron chi connectivity index (χ2n) is 7.53. The lowest BCUT2D eigenvalue weighted by Crippen LogP contribution is -2.47. The second kappa shape index (κ2) is 8.81. The van der Waals surface area contributed by atoms with Crippen LogP contribution in [0, 0.1) is 0 Å². The number of rotatable bonds is 6. The number of ether oxygens (including phenoxy) is 2. The van der Waals surface area contributed by atoms with Crippen molar-refractivity contribution in [3.8, 4) is 11.5 Å². The fourth-order valence-electron chi connectivity index (χ4n) is 4.12. The normalized spacial score (nSPS) is 17.5. The Labute approximate surface area is 182 Å². The summed E-state index contributed by atoms with van der Waals surface area (Å²) in [7, 11) is 3.08. The molecule has 162 valence electrons. The number of hydrogen-bond donors (Lipinski definition) is 0. The third-order valence-corrected chi connectivity index (χ3v) is 5.85. The Balaban J connectivity index is 1.78. The molecule has 0 atom stereocenters. The highest BCUT2D eigenvalue weighted by atomic mass is 16.5. The molecule has 0 aromatic heterocycles. The van der Waals surface area contributed by atoms with Crippen LogP contribution in [0.1, 0.15) is 12.5 Å². The number of carbonyl (C=O) groups is 2. The van der Waals surface area contributed by atoms with Gasteiger partial charge >= 0.3 is 0 Å². The highest BCUT2D eigenvalue weighted by Crippen LogP contribution is 2.37. The SMILES string of the molecule is CCN1CCN(C2=C(c3ccccc3)C(=O)N(c3cc(OC)cc(OC)c3)C2=O)CC1. The molecule has 2 heterocycles. The largest absolute Gasteiger partial charge is 0.497 e. The highest BCUT2D eigenvalue weighted by molar-refractivity contribution is 6.45. The molecule has 0 saturated carbocycles. The third-order valence-electron chi connectivity index (χ3n) is 5.85. The monoisotopic (exact) mass is 421 g/mol. The van der Waals surface area contributed by atoms with E-state index in [4.69, 9.17) is 9.47 Å². The van der Waals surface area contributed by atoms with E-state index in [0.29, 0.717) is 41.5 Å². The van der Waals surface area contributed by atoms with E-state index in [9.17, 15) is 9.59 Å². The van der Waals surface area contributed by atoms with E-state index < -0.39 is 0 Å². The minimum atomic E-state index is -0.334. The lowest BCUT2D eigenvalue weighted by atomic mass is 10.0. The van der Waals surface area contributed by atoms with Gasteiger partial charge in [0.25, 0.3) is 11.8 Å². The van der Waals surface area contributed by atoms with E-state index >= 15 is 0 Å². The minimum Gasteiger partial charge on any atom is -0.497 e. The molecule has 2 aliphatic heterocycles. The van der Waals surface area contributed by atoms with Crippen LogP contribution in [0.15, 0.2) is 54.2 Å². The number of imide groups is 1. The molecule has 0 N–H and O–H groups in total. The smallest absolute Gasteiger partial charge is 0.282 e. The van der Waals surface area contributed by atoms with E-state index in [1.54, 1.807) is 32.4 Å². The lowest BCUT2D eigenvalue weighted by molar-refractivity contribution is -0.120. The number of carbonyl (C=O) groups excluding carboxylic acids is 2. The van der Waals surface area contributed by atoms with E-state index in [-0.39, 0.29) is 11.8 Å². The zero-order chi connectivity index (χ0) is 22.0. The molecule has 2 aromatic rings. The summed E-state index contributed by atoms with van der Waals surface area (Å²) in [6, 6.07) is 14.5. The first-order valence-electron chi connectivity index (χ1n) is 10.5. The molecule has 4 rings (SSSR count). The van der Waals surface area contributed by atoms with Gasteiger partial charge in [0.15, 0.2) is 0 Å². The molecule has 1 saturated heterocycles. The first-order chi connectivity index (χ1) is 15.1. The number of piperazine rings is 1. The van der Waals surface area contributed by atoms with Crippen LogP contribution in [-0.2, 0) is 9.59 Å². The van der Waals surface area contributed by atoms with E-state index in [1.807, 2.05) is 35.2 Å². The van der Waals surface area contributed by atoms with Gasteiger partial charge in [-0.25, -0.2) is 4.90 Å². The third kappa shape index (κ3) is 3.88. The second-order valence-corrected chi connectivity index (χ2v) is 7.53. The zero-order valence-corrected chi connectivity index (χ0v) is 18.1. The van der Waals surface area contributed by atoms with Gasteiger partial charge in [0.2, 0.25) is 0 Å². The molecule has 1 fully saturated rings. The molecule has 0 spiro atoms. The van der Waals surface area contributed by atoms with Crippen LogP contribution in [0.2, 0.25) is 0 Å². The van der Waals surface area contributed by atoms with Gasteiger partial charge in [0.05, 0.1) is 25.5 Å². The van der Waals surface area contributed by atoms with Gasteiger partial charge in [-0.1, -0.05) is 37.3 Å². The van der Waals surface area contributed by atoms with E-state index in [0.717, 1.165) is 25.2 Å². The summed E-state index contributed by atoms with van der Waals surface area (Å²) in [5.41, 5.74) is 2.08. The summed E-state index contributed by atoms with van der Waals surface area (Å²) in [5.74, 6) is 0.381. The average Bonchev–Trinajstić information content (AvgIpc) is 3.09. The summed E-state index contributed by atoms with van der Waals surface area (Å²) < 4.78 is 10.7. The summed E-state index contributed by atoms with van der Waals surface area (Å²) in [5, 5.41) is 0. The standard InChI is InChI=1S/C24H27N3O4/c1-4-25-10-12-26(13-11-25)22-21(17-8-6-5-7-9-17)23(28)27(24(22)29)18-14-19(30-2)16-20(15-18)31-3/h5-9,14-16H,4,10-13H2,1-3H3. The Morgan fingerprint density at radius 1 is 0.839 bits per heavy atom. The highest BCUT2D eigenvalue weighted by Gasteiger charge is 2.43. The first kappa shape index (κ1) is 20.9. The van der Waals surface area contributed by atoms with Gasteiger partial charge in [0, 0.05) is 44.4 Å². The quantitative estimate of drug-likeness (QED) is 0.669. The number of likely N-dealkylation sites (N-methyl/N-ethyl adjacent to an activating group) is 1. The van der Waals surface area contributed by atoms with E-state index in [1.165, 1.54) is 4.90 Å². The summed E-state index contributed by atoms with van der Waals surface area (Å²) in [6.45, 7) is 6.22. The molecule has 0 bridgehead atoms. The van der Waals surface area contributed by atoms with Gasteiger partial charge in [0.1, 0.15) is 17.2 Å². The molecule has 7 nitrogen and oxygen atoms in total. The summed E-state index contributed by atoms with van der Waals surface area (Å²) >= 11 is 0. The topological polar surface area (TPSA) is 62.3 Å². The van der Waals surface area contributed by atoms with Crippen molar-refractivity contribution >= 4 is 23.1 Å². The van der Waals surface area contributed by atoms with Crippen molar-refractivity contribution in [1.82, 2.24) is 9.80 Å². The number of methoxy groups -OCH3 is 2. The fourth-order valence-corrected chi connectivity index (χ4v) is 4.12. The molecule has 0 aliphatic carbocycles. The van der Waals surface area contributed by atoms with Crippen molar-refractivity contribution in [3.63, 3.8) is 0 Å². The maximum atomic E-state index is 13.7. The van der Waals surface area contributed by atoms with Crippen LogP contribution in [0.4, 0.5) is 5.69 Å². The number of hydrogen-bond acceptors (Lipinski definition) is 6. The Morgan fingerprint density at radius 2 is 1.45 bits per heavy atom. The van der Waals surface area contributed by atoms with Crippen LogP contribution in [0.5, 0.6) is 11.5 Å². The average molecular weight is 421 g/mol. The van der Waals surface area contributed by atoms with Gasteiger partial charge in [-0.2, -0.15) is 0 Å². The molecule has 31 heavy (non-hydrogen) atoms. The first-order valence-corrected chi connectivity index (χ1v) is 10.5. The van der Waals surface area contributed by atoms with Crippen LogP contribution in [-0.4, -0.2) is 68.6 Å². The zero-order valence-electron chi connectivity index (χ0n) is 18.1. The number of amides is 2. The van der Waals surface area contributed by atoms with Gasteiger partial charge in [-0.3, -0.25) is 9.59 Å². The predicted molar refractivity (Wildman–Crippen MR) is 119 cm³/mol. The van der Waals surface area contributed by atoms with Crippen LogP contribution < -0.4 is 14.4 Å². The van der Waals surface area contributed by atoms with Crippen molar-refractivity contribution in [2.45, 2.75) is 6.92 Å². The molecule has 2 aliphatic rings. The molecule has 2 aromatic carbocycles. The Morgan fingerprint density at radius 3 is 2.00 bits per heavy atom. The lowest BCUT2D eigenvalue weighted by Gasteiger charge is -2.36. The summed E-state index contributed by atoms with van der Waals surface area (Å²) in [6.07, 6.45) is 0. The van der Waals surface area contributed by atoms with Crippen molar-refractivity contribution in [2.24, 2.45) is 0 Å². The molecule has 7 heteroatoms. The predicted octanol–water partition coefficient (Wildman–Crippen LogP) is 2.63. The maximum absolute atomic E-state index is 13.7. The maximum Gasteiger partial charge on any atom is 0.282 e. The van der Waals surface area contributed by atoms with Gasteiger partial charge in [-0.05, 0) is 12.1 Å². The summed E-state index contributed by atoms with van der Waals surface area (Å²) in [4.78, 5) is 32.9. The van der Waals surface area contributed by atoms with Crippen molar-refractivity contribution in [3.05, 3.63) is 59.8 Å². The molecule has 2 amide bonds. The van der Waals surface area contributed by atoms with Gasteiger partial charge in [-0.15, -0.1) is 0 Å². The molecular formula is C24H27N3O4. The van der Waals surface area contributed by atoms with E-state index in [2.05, 4.69) is 11.8 Å². The van der Waals surface area contributed by atoms with Crippen molar-refractivity contribution in [2.75, 3.05) is 51.8 Å². The van der Waals surface area contributed by atoms with Crippen molar-refractivity contribution in [1.29, 1.82) is 0 Å².